The number of thioether (sulfide) groups is 1. The van der Waals surface area contributed by atoms with E-state index in [1.165, 1.54) is 11.8 Å². The average Bonchev–Trinajstić information content (AvgIpc) is 3.05. The summed E-state index contributed by atoms with van der Waals surface area (Å²) in [7, 11) is -3.43. The van der Waals surface area contributed by atoms with Crippen molar-refractivity contribution in [3.63, 3.8) is 0 Å². The summed E-state index contributed by atoms with van der Waals surface area (Å²) >= 11 is 1.24. The highest BCUT2D eigenvalue weighted by Gasteiger charge is 2.33. The number of amides is 2. The molecule has 4 rings (SSSR count). The minimum absolute atomic E-state index is 0.0261. The van der Waals surface area contributed by atoms with Crippen molar-refractivity contribution in [2.45, 2.75) is 25.7 Å². The Balaban J connectivity index is 1.54. The summed E-state index contributed by atoms with van der Waals surface area (Å²) in [6.07, 6.45) is 0. The Kier molecular flexibility index (Phi) is 5.52. The van der Waals surface area contributed by atoms with Crippen molar-refractivity contribution in [1.82, 2.24) is 0 Å². The average molecular weight is 459 g/mol. The quantitative estimate of drug-likeness (QED) is 0.727. The lowest BCUT2D eigenvalue weighted by atomic mass is 10.1. The summed E-state index contributed by atoms with van der Waals surface area (Å²) < 4.78 is 27.4. The second kappa shape index (κ2) is 8.01. The van der Waals surface area contributed by atoms with Crippen LogP contribution in [0.3, 0.4) is 0 Å². The predicted molar refractivity (Wildman–Crippen MR) is 123 cm³/mol. The number of carbonyl (C=O) groups excluding carboxylic acids is 2. The summed E-state index contributed by atoms with van der Waals surface area (Å²) in [5.41, 5.74) is 3.38. The van der Waals surface area contributed by atoms with Gasteiger partial charge in [0.05, 0.1) is 11.4 Å². The van der Waals surface area contributed by atoms with Gasteiger partial charge >= 0.3 is 0 Å². The van der Waals surface area contributed by atoms with Crippen LogP contribution >= 0.6 is 11.8 Å². The molecule has 10 heteroatoms. The van der Waals surface area contributed by atoms with Gasteiger partial charge in [0.2, 0.25) is 5.91 Å². The molecule has 2 heterocycles. The lowest BCUT2D eigenvalue weighted by Gasteiger charge is -2.22. The van der Waals surface area contributed by atoms with Crippen molar-refractivity contribution in [2.75, 3.05) is 27.8 Å². The summed E-state index contributed by atoms with van der Waals surface area (Å²) in [6.45, 7) is 5.84. The van der Waals surface area contributed by atoms with Crippen molar-refractivity contribution in [3.8, 4) is 0 Å². The standard InChI is InChI=1S/C21H22N4O4S2/c1-12(2)19(26)22-15-6-4-13(3)16(11-15)23-20(27)14-5-7-17-18(10-14)30-21-24-31(28,29)9-8-25(17)21/h4-7,10-12H,8-9H2,1-3H3,(H,22,26)(H,23,27). The zero-order chi connectivity index (χ0) is 22.3. The van der Waals surface area contributed by atoms with Gasteiger partial charge in [0.25, 0.3) is 15.9 Å². The largest absolute Gasteiger partial charge is 0.326 e. The molecular formula is C21H22N4O4S2. The minimum Gasteiger partial charge on any atom is -0.326 e. The molecule has 2 amide bonds. The van der Waals surface area contributed by atoms with Gasteiger partial charge in [-0.05, 0) is 54.6 Å². The molecular weight excluding hydrogens is 436 g/mol. The zero-order valence-corrected chi connectivity index (χ0v) is 18.9. The lowest BCUT2D eigenvalue weighted by Crippen LogP contribution is -2.35. The molecule has 8 nitrogen and oxygen atoms in total. The highest BCUT2D eigenvalue weighted by molar-refractivity contribution is 8.15. The molecule has 0 aromatic heterocycles. The fraction of sp³-hybridized carbons (Fsp3) is 0.286. The fourth-order valence-electron chi connectivity index (χ4n) is 3.19. The van der Waals surface area contributed by atoms with Crippen LogP contribution < -0.4 is 15.5 Å². The van der Waals surface area contributed by atoms with E-state index >= 15 is 0 Å². The number of fused-ring (bicyclic) bond motifs is 3. The maximum Gasteiger partial charge on any atom is 0.257 e. The van der Waals surface area contributed by atoms with Crippen LogP contribution in [0.25, 0.3) is 0 Å². The second-order valence-corrected chi connectivity index (χ2v) is 10.5. The van der Waals surface area contributed by atoms with Gasteiger partial charge < -0.3 is 15.5 Å². The van der Waals surface area contributed by atoms with E-state index in [2.05, 4.69) is 15.0 Å². The van der Waals surface area contributed by atoms with E-state index in [4.69, 9.17) is 0 Å². The first-order valence-corrected chi connectivity index (χ1v) is 12.2. The molecule has 2 N–H and O–H groups in total. The Morgan fingerprint density at radius 2 is 1.90 bits per heavy atom. The fourth-order valence-corrected chi connectivity index (χ4v) is 5.48. The third-order valence-corrected chi connectivity index (χ3v) is 7.32. The van der Waals surface area contributed by atoms with Crippen LogP contribution in [0.4, 0.5) is 17.1 Å². The van der Waals surface area contributed by atoms with Crippen molar-refractivity contribution >= 4 is 55.8 Å². The van der Waals surface area contributed by atoms with E-state index in [9.17, 15) is 18.0 Å². The molecule has 0 spiro atoms. The first kappa shape index (κ1) is 21.4. The SMILES string of the molecule is Cc1ccc(NC(=O)C(C)C)cc1NC(=O)c1ccc2c(c1)SC1=NS(=O)(=O)CCN12. The predicted octanol–water partition coefficient (Wildman–Crippen LogP) is 3.45. The van der Waals surface area contributed by atoms with E-state index in [0.29, 0.717) is 28.7 Å². The van der Waals surface area contributed by atoms with Gasteiger partial charge in [0, 0.05) is 34.3 Å². The molecule has 162 valence electrons. The van der Waals surface area contributed by atoms with Crippen LogP contribution in [0.2, 0.25) is 0 Å². The molecule has 0 aliphatic carbocycles. The van der Waals surface area contributed by atoms with Gasteiger partial charge in [-0.25, -0.2) is 8.42 Å². The molecule has 0 saturated heterocycles. The molecule has 31 heavy (non-hydrogen) atoms. The number of aryl methyl sites for hydroxylation is 1. The van der Waals surface area contributed by atoms with Gasteiger partial charge in [-0.3, -0.25) is 9.59 Å². The maximum atomic E-state index is 12.9. The maximum absolute atomic E-state index is 12.9. The van der Waals surface area contributed by atoms with E-state index in [-0.39, 0.29) is 23.5 Å². The van der Waals surface area contributed by atoms with Crippen LogP contribution in [0.15, 0.2) is 45.7 Å². The molecule has 0 saturated carbocycles. The Morgan fingerprint density at radius 1 is 1.13 bits per heavy atom. The molecule has 2 aliphatic rings. The van der Waals surface area contributed by atoms with Gasteiger partial charge in [0.15, 0.2) is 5.17 Å². The van der Waals surface area contributed by atoms with Crippen molar-refractivity contribution in [1.29, 1.82) is 0 Å². The Hall–Kier alpha value is -2.85. The normalized spacial score (nSPS) is 16.4. The van der Waals surface area contributed by atoms with Crippen LogP contribution in [-0.2, 0) is 14.8 Å². The Bertz CT molecular complexity index is 1220. The number of anilines is 3. The molecule has 0 fully saturated rings. The summed E-state index contributed by atoms with van der Waals surface area (Å²) in [6, 6.07) is 10.6. The van der Waals surface area contributed by atoms with Crippen LogP contribution in [0, 0.1) is 12.8 Å². The van der Waals surface area contributed by atoms with E-state index in [1.807, 2.05) is 37.8 Å². The number of rotatable bonds is 4. The third kappa shape index (κ3) is 4.45. The lowest BCUT2D eigenvalue weighted by molar-refractivity contribution is -0.118. The zero-order valence-electron chi connectivity index (χ0n) is 17.3. The topological polar surface area (TPSA) is 108 Å². The van der Waals surface area contributed by atoms with Crippen molar-refractivity contribution in [2.24, 2.45) is 10.3 Å². The minimum atomic E-state index is -3.43. The number of benzene rings is 2. The molecule has 0 atom stereocenters. The summed E-state index contributed by atoms with van der Waals surface area (Å²) in [5.74, 6) is -0.569. The number of nitrogens with zero attached hydrogens (tertiary/aromatic N) is 2. The number of carbonyl (C=O) groups is 2. The van der Waals surface area contributed by atoms with Crippen molar-refractivity contribution < 1.29 is 18.0 Å². The van der Waals surface area contributed by atoms with Crippen LogP contribution in [-0.4, -0.2) is 37.7 Å². The molecule has 2 aliphatic heterocycles. The van der Waals surface area contributed by atoms with E-state index < -0.39 is 10.0 Å². The third-order valence-electron chi connectivity index (χ3n) is 5.01. The highest BCUT2D eigenvalue weighted by atomic mass is 32.2. The number of sulfonamides is 1. The van der Waals surface area contributed by atoms with Gasteiger partial charge in [0.1, 0.15) is 0 Å². The monoisotopic (exact) mass is 458 g/mol. The first-order valence-electron chi connectivity index (χ1n) is 9.78. The van der Waals surface area contributed by atoms with E-state index in [0.717, 1.165) is 16.1 Å². The molecule has 0 unspecified atom stereocenters. The van der Waals surface area contributed by atoms with Crippen molar-refractivity contribution in [3.05, 3.63) is 47.5 Å². The smallest absolute Gasteiger partial charge is 0.257 e. The van der Waals surface area contributed by atoms with Crippen LogP contribution in [0.1, 0.15) is 29.8 Å². The van der Waals surface area contributed by atoms with Crippen LogP contribution in [0.5, 0.6) is 0 Å². The number of nitrogens with one attached hydrogen (secondary N) is 2. The molecule has 2 aromatic rings. The van der Waals surface area contributed by atoms with Gasteiger partial charge in [-0.15, -0.1) is 4.40 Å². The number of amidine groups is 1. The van der Waals surface area contributed by atoms with E-state index in [1.54, 1.807) is 24.3 Å². The molecule has 2 aromatic carbocycles. The first-order chi connectivity index (χ1) is 14.6. The summed E-state index contributed by atoms with van der Waals surface area (Å²) in [5, 5.41) is 6.15. The highest BCUT2D eigenvalue weighted by Crippen LogP contribution is 2.42. The Labute approximate surface area is 185 Å². The van der Waals surface area contributed by atoms with Gasteiger partial charge in [-0.2, -0.15) is 0 Å². The molecule has 0 radical (unpaired) electrons. The van der Waals surface area contributed by atoms with Gasteiger partial charge in [-0.1, -0.05) is 19.9 Å². The summed E-state index contributed by atoms with van der Waals surface area (Å²) in [4.78, 5) is 27.5. The Morgan fingerprint density at radius 3 is 2.65 bits per heavy atom. The second-order valence-electron chi connectivity index (χ2n) is 7.72. The number of hydrogen-bond donors (Lipinski definition) is 2. The number of hydrogen-bond acceptors (Lipinski definition) is 6. The molecule has 0 bridgehead atoms.